The van der Waals surface area contributed by atoms with Crippen LogP contribution in [0.1, 0.15) is 34.7 Å². The van der Waals surface area contributed by atoms with E-state index in [1.807, 2.05) is 24.4 Å². The van der Waals surface area contributed by atoms with Gasteiger partial charge < -0.3 is 9.88 Å². The number of fused-ring (bicyclic) bond motifs is 1. The summed E-state index contributed by atoms with van der Waals surface area (Å²) in [5, 5.41) is 1.19. The van der Waals surface area contributed by atoms with Crippen molar-refractivity contribution in [2.75, 3.05) is 20.1 Å². The zero-order valence-electron chi connectivity index (χ0n) is 16.0. The third-order valence-corrected chi connectivity index (χ3v) is 7.00. The smallest absolute Gasteiger partial charge is 0.256 e. The molecule has 1 amide bonds. The van der Waals surface area contributed by atoms with Gasteiger partial charge >= 0.3 is 0 Å². The fourth-order valence-corrected chi connectivity index (χ4v) is 4.70. The van der Waals surface area contributed by atoms with E-state index in [0.717, 1.165) is 36.6 Å². The van der Waals surface area contributed by atoms with E-state index in [1.165, 1.54) is 18.0 Å². The van der Waals surface area contributed by atoms with Crippen molar-refractivity contribution in [3.63, 3.8) is 0 Å². The van der Waals surface area contributed by atoms with Crippen molar-refractivity contribution in [3.05, 3.63) is 65.6 Å². The van der Waals surface area contributed by atoms with E-state index in [4.69, 9.17) is 0 Å². The number of nitrogens with one attached hydrogen (secondary N) is 2. The summed E-state index contributed by atoms with van der Waals surface area (Å²) in [6.07, 6.45) is 3.56. The molecule has 152 valence electrons. The number of sulfonamides is 1. The Labute approximate surface area is 168 Å². The van der Waals surface area contributed by atoms with Crippen LogP contribution in [0.15, 0.2) is 53.6 Å². The fraction of sp³-hybridized carbons (Fsp3) is 0.286. The SMILES string of the molecule is CNS(=O)(=O)c1ccc(F)c(C(=O)N2CCC(c3c[nH]c4ccccc34)CC2)c1. The number of piperidine rings is 1. The third-order valence-electron chi connectivity index (χ3n) is 5.59. The predicted molar refractivity (Wildman–Crippen MR) is 109 cm³/mol. The predicted octanol–water partition coefficient (Wildman–Crippen LogP) is 3.23. The maximum Gasteiger partial charge on any atom is 0.256 e. The lowest BCUT2D eigenvalue weighted by atomic mass is 9.89. The monoisotopic (exact) mass is 415 g/mol. The average molecular weight is 415 g/mol. The second-order valence-electron chi connectivity index (χ2n) is 7.21. The molecule has 4 rings (SSSR count). The first-order valence-corrected chi connectivity index (χ1v) is 11.0. The number of carbonyl (C=O) groups is 1. The second kappa shape index (κ2) is 7.61. The number of carbonyl (C=O) groups excluding carboxylic acids is 1. The molecule has 0 radical (unpaired) electrons. The summed E-state index contributed by atoms with van der Waals surface area (Å²) in [6, 6.07) is 11.4. The molecule has 0 atom stereocenters. The first-order valence-electron chi connectivity index (χ1n) is 9.49. The zero-order valence-corrected chi connectivity index (χ0v) is 16.8. The van der Waals surface area contributed by atoms with Crippen molar-refractivity contribution in [1.82, 2.24) is 14.6 Å². The summed E-state index contributed by atoms with van der Waals surface area (Å²) in [6.45, 7) is 0.983. The summed E-state index contributed by atoms with van der Waals surface area (Å²) < 4.78 is 40.4. The minimum Gasteiger partial charge on any atom is -0.361 e. The largest absolute Gasteiger partial charge is 0.361 e. The highest BCUT2D eigenvalue weighted by atomic mass is 32.2. The first-order chi connectivity index (χ1) is 13.9. The van der Waals surface area contributed by atoms with Crippen LogP contribution in [0.25, 0.3) is 10.9 Å². The van der Waals surface area contributed by atoms with Gasteiger partial charge in [-0.15, -0.1) is 0 Å². The number of hydrogen-bond donors (Lipinski definition) is 2. The van der Waals surface area contributed by atoms with E-state index < -0.39 is 21.7 Å². The van der Waals surface area contributed by atoms with Crippen LogP contribution in [0.5, 0.6) is 0 Å². The van der Waals surface area contributed by atoms with Crippen LogP contribution in [0.4, 0.5) is 4.39 Å². The number of aromatic nitrogens is 1. The Morgan fingerprint density at radius 1 is 1.17 bits per heavy atom. The lowest BCUT2D eigenvalue weighted by molar-refractivity contribution is 0.0708. The highest BCUT2D eigenvalue weighted by Crippen LogP contribution is 2.33. The molecule has 8 heteroatoms. The molecular formula is C21H22FN3O3S. The Morgan fingerprint density at radius 3 is 2.62 bits per heavy atom. The maximum absolute atomic E-state index is 14.3. The zero-order chi connectivity index (χ0) is 20.6. The minimum absolute atomic E-state index is 0.126. The van der Waals surface area contributed by atoms with Crippen LogP contribution in [0.3, 0.4) is 0 Å². The molecule has 2 N–H and O–H groups in total. The van der Waals surface area contributed by atoms with Gasteiger partial charge in [0.15, 0.2) is 0 Å². The standard InChI is InChI=1S/C21H22FN3O3S/c1-23-29(27,28)15-6-7-19(22)17(12-15)21(26)25-10-8-14(9-11-25)18-13-24-20-5-3-2-4-16(18)20/h2-7,12-14,23-24H,8-11H2,1H3. The fourth-order valence-electron chi connectivity index (χ4n) is 3.95. The van der Waals surface area contributed by atoms with Gasteiger partial charge in [-0.1, -0.05) is 18.2 Å². The van der Waals surface area contributed by atoms with Gasteiger partial charge in [0.2, 0.25) is 10.0 Å². The molecule has 0 unspecified atom stereocenters. The minimum atomic E-state index is -3.75. The van der Waals surface area contributed by atoms with Crippen LogP contribution >= 0.6 is 0 Å². The molecule has 0 aliphatic carbocycles. The van der Waals surface area contributed by atoms with Crippen molar-refractivity contribution >= 4 is 26.8 Å². The summed E-state index contributed by atoms with van der Waals surface area (Å²) >= 11 is 0. The summed E-state index contributed by atoms with van der Waals surface area (Å²) in [4.78, 5) is 17.6. The molecule has 1 aliphatic rings. The first kappa shape index (κ1) is 19.6. The number of halogens is 1. The molecule has 2 heterocycles. The highest BCUT2D eigenvalue weighted by molar-refractivity contribution is 7.89. The number of rotatable bonds is 4. The summed E-state index contributed by atoms with van der Waals surface area (Å²) in [5.74, 6) is -0.882. The van der Waals surface area contributed by atoms with Crippen molar-refractivity contribution in [2.24, 2.45) is 0 Å². The van der Waals surface area contributed by atoms with Gasteiger partial charge in [-0.25, -0.2) is 17.5 Å². The molecule has 0 spiro atoms. The molecule has 1 saturated heterocycles. The van der Waals surface area contributed by atoms with Gasteiger partial charge in [0.05, 0.1) is 10.5 Å². The number of benzene rings is 2. The second-order valence-corrected chi connectivity index (χ2v) is 9.09. The van der Waals surface area contributed by atoms with Crippen LogP contribution in [0, 0.1) is 5.82 Å². The van der Waals surface area contributed by atoms with Crippen molar-refractivity contribution in [2.45, 2.75) is 23.7 Å². The lowest BCUT2D eigenvalue weighted by Gasteiger charge is -2.32. The van der Waals surface area contributed by atoms with E-state index in [0.29, 0.717) is 19.0 Å². The van der Waals surface area contributed by atoms with E-state index >= 15 is 0 Å². The number of aromatic amines is 1. The van der Waals surface area contributed by atoms with Crippen LogP contribution in [-0.4, -0.2) is 44.3 Å². The molecular weight excluding hydrogens is 393 g/mol. The highest BCUT2D eigenvalue weighted by Gasteiger charge is 2.28. The van der Waals surface area contributed by atoms with Crippen molar-refractivity contribution in [1.29, 1.82) is 0 Å². The number of para-hydroxylation sites is 1. The Morgan fingerprint density at radius 2 is 1.90 bits per heavy atom. The molecule has 1 fully saturated rings. The van der Waals surface area contributed by atoms with Gasteiger partial charge in [-0.2, -0.15) is 0 Å². The summed E-state index contributed by atoms with van der Waals surface area (Å²) in [7, 11) is -2.48. The Balaban J connectivity index is 1.52. The van der Waals surface area contributed by atoms with Gasteiger partial charge in [-0.05, 0) is 55.6 Å². The van der Waals surface area contributed by atoms with Gasteiger partial charge in [0, 0.05) is 30.2 Å². The molecule has 0 saturated carbocycles. The van der Waals surface area contributed by atoms with Crippen molar-refractivity contribution < 1.29 is 17.6 Å². The van der Waals surface area contributed by atoms with Gasteiger partial charge in [0.25, 0.3) is 5.91 Å². The van der Waals surface area contributed by atoms with Crippen LogP contribution < -0.4 is 4.72 Å². The number of nitrogens with zero attached hydrogens (tertiary/aromatic N) is 1. The third kappa shape index (κ3) is 3.65. The molecule has 0 bridgehead atoms. The van der Waals surface area contributed by atoms with E-state index in [9.17, 15) is 17.6 Å². The number of amides is 1. The average Bonchev–Trinajstić information content (AvgIpc) is 3.18. The molecule has 3 aromatic rings. The normalized spacial score (nSPS) is 15.7. The summed E-state index contributed by atoms with van der Waals surface area (Å²) in [5.41, 5.74) is 2.11. The van der Waals surface area contributed by atoms with Crippen LogP contribution in [-0.2, 0) is 10.0 Å². The van der Waals surface area contributed by atoms with E-state index in [2.05, 4.69) is 15.8 Å². The molecule has 6 nitrogen and oxygen atoms in total. The molecule has 29 heavy (non-hydrogen) atoms. The van der Waals surface area contributed by atoms with Gasteiger partial charge in [0.1, 0.15) is 5.82 Å². The van der Waals surface area contributed by atoms with Crippen molar-refractivity contribution in [3.8, 4) is 0 Å². The molecule has 2 aromatic carbocycles. The van der Waals surface area contributed by atoms with E-state index in [1.54, 1.807) is 4.90 Å². The molecule has 1 aliphatic heterocycles. The van der Waals surface area contributed by atoms with Gasteiger partial charge in [-0.3, -0.25) is 4.79 Å². The Bertz CT molecular complexity index is 1160. The number of hydrogen-bond acceptors (Lipinski definition) is 3. The Hall–Kier alpha value is -2.71. The number of likely N-dealkylation sites (tertiary alicyclic amines) is 1. The lowest BCUT2D eigenvalue weighted by Crippen LogP contribution is -2.38. The Kier molecular flexibility index (Phi) is 5.14. The number of H-pyrrole nitrogens is 1. The van der Waals surface area contributed by atoms with E-state index in [-0.39, 0.29) is 10.5 Å². The molecule has 1 aromatic heterocycles. The van der Waals surface area contributed by atoms with Crippen LogP contribution in [0.2, 0.25) is 0 Å². The topological polar surface area (TPSA) is 82.3 Å². The maximum atomic E-state index is 14.3. The quantitative estimate of drug-likeness (QED) is 0.686.